The maximum atomic E-state index is 7.35. The Morgan fingerprint density at radius 3 is 2.65 bits per heavy atom. The molecule has 4 nitrogen and oxygen atoms in total. The predicted octanol–water partition coefficient (Wildman–Crippen LogP) is 2.13. The third-order valence-electron chi connectivity index (χ3n) is 3.46. The highest BCUT2D eigenvalue weighted by molar-refractivity contribution is 5.94. The highest BCUT2D eigenvalue weighted by Gasteiger charge is 2.22. The summed E-state index contributed by atoms with van der Waals surface area (Å²) in [5, 5.41) is 7.35. The van der Waals surface area contributed by atoms with Gasteiger partial charge >= 0.3 is 0 Å². The van der Waals surface area contributed by atoms with E-state index >= 15 is 0 Å². The molecule has 92 valence electrons. The molecular weight excluding hydrogens is 212 g/mol. The van der Waals surface area contributed by atoms with Crippen LogP contribution in [0.4, 0.5) is 5.82 Å². The van der Waals surface area contributed by atoms with Crippen LogP contribution >= 0.6 is 0 Å². The van der Waals surface area contributed by atoms with Crippen LogP contribution < -0.4 is 10.6 Å². The molecule has 0 radical (unpaired) electrons. The Bertz CT molecular complexity index is 379. The minimum Gasteiger partial charge on any atom is -0.384 e. The summed E-state index contributed by atoms with van der Waals surface area (Å²) < 4.78 is 0. The molecule has 0 unspecified atom stereocenters. The number of hydrogen-bond acceptors (Lipinski definition) is 3. The van der Waals surface area contributed by atoms with Crippen molar-refractivity contribution in [2.24, 2.45) is 5.73 Å². The summed E-state index contributed by atoms with van der Waals surface area (Å²) in [4.78, 5) is 6.78. The molecule has 0 aliphatic heterocycles. The first-order valence-corrected chi connectivity index (χ1v) is 6.29. The van der Waals surface area contributed by atoms with Crippen LogP contribution in [-0.2, 0) is 0 Å². The molecule has 0 amide bonds. The summed E-state index contributed by atoms with van der Waals surface area (Å²) >= 11 is 0. The first-order chi connectivity index (χ1) is 8.22. The molecule has 1 aliphatic rings. The van der Waals surface area contributed by atoms with Crippen LogP contribution in [-0.4, -0.2) is 23.4 Å². The Hall–Kier alpha value is -1.58. The number of nitrogens with one attached hydrogen (secondary N) is 1. The summed E-state index contributed by atoms with van der Waals surface area (Å²) in [6.07, 6.45) is 6.88. The maximum absolute atomic E-state index is 7.35. The number of nitrogens with zero attached hydrogens (tertiary/aromatic N) is 2. The third-order valence-corrected chi connectivity index (χ3v) is 3.46. The molecule has 3 N–H and O–H groups in total. The molecule has 0 atom stereocenters. The molecule has 1 fully saturated rings. The van der Waals surface area contributed by atoms with Crippen LogP contribution in [0.15, 0.2) is 18.3 Å². The van der Waals surface area contributed by atoms with Gasteiger partial charge in [-0.15, -0.1) is 0 Å². The number of nitrogens with two attached hydrogens (primary N) is 1. The van der Waals surface area contributed by atoms with Crippen LogP contribution in [0.3, 0.4) is 0 Å². The quantitative estimate of drug-likeness (QED) is 0.617. The largest absolute Gasteiger partial charge is 0.384 e. The van der Waals surface area contributed by atoms with Crippen molar-refractivity contribution in [1.29, 1.82) is 5.41 Å². The Kier molecular flexibility index (Phi) is 3.61. The minimum atomic E-state index is 0.0768. The van der Waals surface area contributed by atoms with E-state index in [0.717, 1.165) is 12.4 Å². The fourth-order valence-corrected chi connectivity index (χ4v) is 2.54. The van der Waals surface area contributed by atoms with Crippen molar-refractivity contribution < 1.29 is 0 Å². The molecule has 0 aromatic carbocycles. The summed E-state index contributed by atoms with van der Waals surface area (Å²) in [5.74, 6) is 1.08. The van der Waals surface area contributed by atoms with Gasteiger partial charge in [-0.2, -0.15) is 0 Å². The van der Waals surface area contributed by atoms with E-state index in [1.807, 2.05) is 12.1 Å². The number of anilines is 1. The van der Waals surface area contributed by atoms with E-state index in [1.165, 1.54) is 25.7 Å². The highest BCUT2D eigenvalue weighted by Crippen LogP contribution is 2.26. The predicted molar refractivity (Wildman–Crippen MR) is 70.5 cm³/mol. The van der Waals surface area contributed by atoms with Crippen molar-refractivity contribution in [3.8, 4) is 0 Å². The smallest absolute Gasteiger partial charge is 0.128 e. The van der Waals surface area contributed by atoms with Gasteiger partial charge in [-0.1, -0.05) is 12.8 Å². The molecule has 2 rings (SSSR count). The molecule has 0 saturated heterocycles. The molecular formula is C13H20N4. The van der Waals surface area contributed by atoms with Crippen LogP contribution in [0.25, 0.3) is 0 Å². The maximum Gasteiger partial charge on any atom is 0.128 e. The monoisotopic (exact) mass is 232 g/mol. The molecule has 0 bridgehead atoms. The highest BCUT2D eigenvalue weighted by atomic mass is 15.2. The molecule has 1 aromatic heterocycles. The van der Waals surface area contributed by atoms with Gasteiger partial charge in [-0.05, 0) is 31.9 Å². The Morgan fingerprint density at radius 2 is 2.18 bits per heavy atom. The number of rotatable bonds is 4. The molecule has 1 heterocycles. The number of amidine groups is 1. The lowest BCUT2D eigenvalue weighted by atomic mass is 10.2. The minimum absolute atomic E-state index is 0.0768. The van der Waals surface area contributed by atoms with E-state index in [0.29, 0.717) is 11.6 Å². The summed E-state index contributed by atoms with van der Waals surface area (Å²) in [7, 11) is 0. The van der Waals surface area contributed by atoms with Gasteiger partial charge in [0.25, 0.3) is 0 Å². The van der Waals surface area contributed by atoms with E-state index in [-0.39, 0.29) is 5.84 Å². The van der Waals surface area contributed by atoms with E-state index in [4.69, 9.17) is 11.1 Å². The van der Waals surface area contributed by atoms with Crippen LogP contribution in [0.5, 0.6) is 0 Å². The van der Waals surface area contributed by atoms with Crippen molar-refractivity contribution in [2.45, 2.75) is 38.6 Å². The second kappa shape index (κ2) is 5.17. The standard InChI is InChI=1S/C13H20N4/c1-2-17(11-5-3-4-6-11)12-8-7-10(9-16-12)13(14)15/h7-9,11H,2-6H2,1H3,(H3,14,15). The topological polar surface area (TPSA) is 66.0 Å². The number of hydrogen-bond donors (Lipinski definition) is 2. The molecule has 1 saturated carbocycles. The van der Waals surface area contributed by atoms with Crippen LogP contribution in [0.2, 0.25) is 0 Å². The van der Waals surface area contributed by atoms with Gasteiger partial charge < -0.3 is 10.6 Å². The van der Waals surface area contributed by atoms with E-state index in [9.17, 15) is 0 Å². The third kappa shape index (κ3) is 2.57. The number of pyridine rings is 1. The van der Waals surface area contributed by atoms with E-state index in [2.05, 4.69) is 16.8 Å². The molecule has 1 aromatic rings. The average molecular weight is 232 g/mol. The van der Waals surface area contributed by atoms with E-state index in [1.54, 1.807) is 6.20 Å². The van der Waals surface area contributed by atoms with Crippen molar-refractivity contribution >= 4 is 11.7 Å². The van der Waals surface area contributed by atoms with Crippen molar-refractivity contribution in [1.82, 2.24) is 4.98 Å². The second-order valence-corrected chi connectivity index (χ2v) is 4.54. The normalized spacial score (nSPS) is 16.1. The molecule has 0 spiro atoms. The Labute approximate surface area is 102 Å². The SMILES string of the molecule is CCN(c1ccc(C(=N)N)cn1)C1CCCC1. The zero-order valence-electron chi connectivity index (χ0n) is 10.3. The molecule has 4 heteroatoms. The van der Waals surface area contributed by atoms with Gasteiger partial charge in [-0.3, -0.25) is 5.41 Å². The van der Waals surface area contributed by atoms with E-state index < -0.39 is 0 Å². The van der Waals surface area contributed by atoms with Gasteiger partial charge in [0.05, 0.1) is 0 Å². The first-order valence-electron chi connectivity index (χ1n) is 6.29. The second-order valence-electron chi connectivity index (χ2n) is 4.54. The zero-order valence-corrected chi connectivity index (χ0v) is 10.3. The summed E-state index contributed by atoms with van der Waals surface area (Å²) in [6, 6.07) is 4.48. The van der Waals surface area contributed by atoms with Crippen LogP contribution in [0, 0.1) is 5.41 Å². The first kappa shape index (κ1) is 11.9. The van der Waals surface area contributed by atoms with Gasteiger partial charge in [0.1, 0.15) is 11.7 Å². The Balaban J connectivity index is 2.16. The lowest BCUT2D eigenvalue weighted by molar-refractivity contribution is 0.613. The van der Waals surface area contributed by atoms with Crippen molar-refractivity contribution in [2.75, 3.05) is 11.4 Å². The fourth-order valence-electron chi connectivity index (χ4n) is 2.54. The van der Waals surface area contributed by atoms with Gasteiger partial charge in [0, 0.05) is 24.3 Å². The Morgan fingerprint density at radius 1 is 1.47 bits per heavy atom. The lowest BCUT2D eigenvalue weighted by Gasteiger charge is -2.28. The summed E-state index contributed by atoms with van der Waals surface area (Å²) in [6.45, 7) is 3.15. The van der Waals surface area contributed by atoms with Crippen molar-refractivity contribution in [3.05, 3.63) is 23.9 Å². The van der Waals surface area contributed by atoms with Gasteiger partial charge in [-0.25, -0.2) is 4.98 Å². The number of nitrogen functional groups attached to an aromatic ring is 1. The lowest BCUT2D eigenvalue weighted by Crippen LogP contribution is -2.33. The molecule has 1 aliphatic carbocycles. The van der Waals surface area contributed by atoms with Gasteiger partial charge in [0.15, 0.2) is 0 Å². The fraction of sp³-hybridized carbons (Fsp3) is 0.538. The zero-order chi connectivity index (χ0) is 12.3. The number of aromatic nitrogens is 1. The average Bonchev–Trinajstić information content (AvgIpc) is 2.84. The summed E-state index contributed by atoms with van der Waals surface area (Å²) in [5.41, 5.74) is 6.12. The van der Waals surface area contributed by atoms with Crippen molar-refractivity contribution in [3.63, 3.8) is 0 Å². The molecule has 17 heavy (non-hydrogen) atoms. The van der Waals surface area contributed by atoms with Gasteiger partial charge in [0.2, 0.25) is 0 Å². The van der Waals surface area contributed by atoms with Crippen LogP contribution in [0.1, 0.15) is 38.2 Å².